The Balaban J connectivity index is 1.01. The lowest BCUT2D eigenvalue weighted by Gasteiger charge is -2.41. The molecule has 5 aliphatic carbocycles. The van der Waals surface area contributed by atoms with E-state index in [0.717, 1.165) is 41.4 Å². The van der Waals surface area contributed by atoms with Gasteiger partial charge in [-0.1, -0.05) is 152 Å². The predicted octanol–water partition coefficient (Wildman–Crippen LogP) is 13.0. The van der Waals surface area contributed by atoms with E-state index in [1.165, 1.54) is 55.6 Å². The molecule has 0 bridgehead atoms. The van der Waals surface area contributed by atoms with Gasteiger partial charge in [-0.25, -0.2) is 0 Å². The summed E-state index contributed by atoms with van der Waals surface area (Å²) in [5, 5.41) is 0. The zero-order valence-corrected chi connectivity index (χ0v) is 32.0. The number of benzene rings is 6. The molecule has 5 atom stereocenters. The first-order valence-electron chi connectivity index (χ1n) is 20.6. The Morgan fingerprint density at radius 3 is 2.10 bits per heavy atom. The minimum absolute atomic E-state index is 0.286. The summed E-state index contributed by atoms with van der Waals surface area (Å²) < 4.78 is 14.4. The number of fused-ring (bicyclic) bond motifs is 12. The number of rotatable bonds is 5. The molecule has 58 heavy (non-hydrogen) atoms. The Bertz CT molecular complexity index is 2820. The van der Waals surface area contributed by atoms with Crippen LogP contribution in [0.15, 0.2) is 206 Å². The van der Waals surface area contributed by atoms with Crippen molar-refractivity contribution in [2.24, 2.45) is 5.92 Å². The van der Waals surface area contributed by atoms with Crippen LogP contribution in [0.5, 0.6) is 11.5 Å². The topological polar surface area (TPSA) is 21.7 Å². The second-order valence-corrected chi connectivity index (χ2v) is 16.1. The normalized spacial score (nSPS) is 23.7. The fourth-order valence-corrected chi connectivity index (χ4v) is 10.8. The highest BCUT2D eigenvalue weighted by atomic mass is 16.6. The molecule has 0 saturated carbocycles. The van der Waals surface area contributed by atoms with E-state index in [9.17, 15) is 0 Å². The highest BCUT2D eigenvalue weighted by molar-refractivity contribution is 5.93. The fraction of sp³-hybridized carbons (Fsp3) is 0.127. The summed E-state index contributed by atoms with van der Waals surface area (Å²) in [5.74, 6) is 2.20. The molecule has 1 heterocycles. The molecule has 0 radical (unpaired) electrons. The molecule has 4 unspecified atom stereocenters. The van der Waals surface area contributed by atoms with Crippen LogP contribution in [0.1, 0.15) is 46.6 Å². The van der Waals surface area contributed by atoms with Crippen LogP contribution in [-0.4, -0.2) is 12.2 Å². The lowest BCUT2D eigenvalue weighted by atomic mass is 9.65. The van der Waals surface area contributed by atoms with Gasteiger partial charge in [0.1, 0.15) is 0 Å². The lowest BCUT2D eigenvalue weighted by Crippen LogP contribution is -2.45. The van der Waals surface area contributed by atoms with E-state index >= 15 is 0 Å². The van der Waals surface area contributed by atoms with E-state index in [1.54, 1.807) is 0 Å². The minimum atomic E-state index is -0.394. The largest absolute Gasteiger partial charge is 0.478 e. The molecule has 0 amide bonds. The van der Waals surface area contributed by atoms with E-state index in [2.05, 4.69) is 205 Å². The van der Waals surface area contributed by atoms with E-state index in [-0.39, 0.29) is 17.4 Å². The molecule has 0 fully saturated rings. The average Bonchev–Trinajstić information content (AvgIpc) is 3.75. The first kappa shape index (κ1) is 33.3. The highest BCUT2D eigenvalue weighted by Gasteiger charge is 2.56. The van der Waals surface area contributed by atoms with Crippen molar-refractivity contribution in [3.8, 4) is 33.8 Å². The first-order chi connectivity index (χ1) is 28.8. The SMILES string of the molecule is C1=CCC(c2ccc(N(C3=CC=C[C@H]4Oc5cc6c(cc5OC34)C3(c4ccccc4C4=CC=CCC43)c3ccccc3-6)c3ccccc3)c(-c3ccccc3)c2)C=C1. The molecular formula is C55H41NO2. The third kappa shape index (κ3) is 4.86. The number of hydrogen-bond donors (Lipinski definition) is 0. The van der Waals surface area contributed by atoms with Crippen LogP contribution in [0.2, 0.25) is 0 Å². The summed E-state index contributed by atoms with van der Waals surface area (Å²) in [6.45, 7) is 0. The Labute approximate surface area is 339 Å². The maximum absolute atomic E-state index is 7.36. The summed E-state index contributed by atoms with van der Waals surface area (Å²) in [4.78, 5) is 2.39. The molecule has 6 aromatic carbocycles. The molecular weight excluding hydrogens is 707 g/mol. The van der Waals surface area contributed by atoms with Crippen molar-refractivity contribution in [2.45, 2.75) is 36.4 Å². The molecule has 0 saturated heterocycles. The molecule has 1 aliphatic heterocycles. The molecule has 6 aliphatic rings. The van der Waals surface area contributed by atoms with Crippen LogP contribution < -0.4 is 14.4 Å². The van der Waals surface area contributed by atoms with Crippen molar-refractivity contribution >= 4 is 16.9 Å². The number of allylic oxidation sites excluding steroid dienone is 10. The summed E-state index contributed by atoms with van der Waals surface area (Å²) in [6.07, 6.45) is 23.6. The Morgan fingerprint density at radius 1 is 0.534 bits per heavy atom. The number of hydrogen-bond acceptors (Lipinski definition) is 3. The molecule has 6 aromatic rings. The van der Waals surface area contributed by atoms with Crippen LogP contribution in [0, 0.1) is 5.92 Å². The molecule has 3 heteroatoms. The Morgan fingerprint density at radius 2 is 1.28 bits per heavy atom. The van der Waals surface area contributed by atoms with Crippen molar-refractivity contribution in [1.29, 1.82) is 0 Å². The zero-order valence-electron chi connectivity index (χ0n) is 32.0. The standard InChI is InChI=1S/C55H41NO2/c1-4-17-36(18-5-1)38-31-32-49(43(33-38)37-19-6-2-7-20-37)56(39-21-8-3-9-22-39)50-29-16-30-51-54(50)58-53-35-48-44(34-52(53)57-51)42-25-12-15-28-47(42)55(48)45-26-13-10-23-40(45)41-24-11-14-27-46(41)55/h1-17,19-26,28-36,46,51,54H,18,27H2/t36?,46?,51-,54?,55?/m1/s1. The number of para-hydroxylation sites is 1. The van der Waals surface area contributed by atoms with Crippen LogP contribution in [0.25, 0.3) is 27.8 Å². The van der Waals surface area contributed by atoms with Crippen LogP contribution >= 0.6 is 0 Å². The van der Waals surface area contributed by atoms with Crippen molar-refractivity contribution in [3.63, 3.8) is 0 Å². The number of ether oxygens (including phenoxy) is 2. The van der Waals surface area contributed by atoms with Gasteiger partial charge in [-0.2, -0.15) is 0 Å². The van der Waals surface area contributed by atoms with Gasteiger partial charge in [0.25, 0.3) is 0 Å². The van der Waals surface area contributed by atoms with Crippen LogP contribution in [0.4, 0.5) is 11.4 Å². The summed E-state index contributed by atoms with van der Waals surface area (Å²) in [7, 11) is 0. The predicted molar refractivity (Wildman–Crippen MR) is 236 cm³/mol. The zero-order chi connectivity index (χ0) is 38.2. The van der Waals surface area contributed by atoms with E-state index in [1.807, 2.05) is 0 Å². The third-order valence-electron chi connectivity index (χ3n) is 13.2. The van der Waals surface area contributed by atoms with Crippen LogP contribution in [0.3, 0.4) is 0 Å². The van der Waals surface area contributed by atoms with Crippen molar-refractivity contribution in [2.75, 3.05) is 4.90 Å². The van der Waals surface area contributed by atoms with Gasteiger partial charge in [0.05, 0.1) is 16.8 Å². The molecule has 1 spiro atoms. The van der Waals surface area contributed by atoms with E-state index < -0.39 is 6.10 Å². The van der Waals surface area contributed by atoms with Crippen molar-refractivity contribution < 1.29 is 9.47 Å². The maximum atomic E-state index is 7.36. The highest BCUT2D eigenvalue weighted by Crippen LogP contribution is 2.66. The molecule has 0 aromatic heterocycles. The first-order valence-corrected chi connectivity index (χ1v) is 20.6. The second-order valence-electron chi connectivity index (χ2n) is 16.1. The third-order valence-corrected chi connectivity index (χ3v) is 13.2. The average molecular weight is 748 g/mol. The summed E-state index contributed by atoms with van der Waals surface area (Å²) >= 11 is 0. The monoisotopic (exact) mass is 747 g/mol. The minimum Gasteiger partial charge on any atom is -0.478 e. The van der Waals surface area contributed by atoms with Gasteiger partial charge in [-0.3, -0.25) is 0 Å². The maximum Gasteiger partial charge on any atom is 0.179 e. The number of nitrogens with zero attached hydrogens (tertiary/aromatic N) is 1. The van der Waals surface area contributed by atoms with Crippen LogP contribution in [-0.2, 0) is 5.41 Å². The Kier molecular flexibility index (Phi) is 7.53. The summed E-state index contributed by atoms with van der Waals surface area (Å²) in [6, 6.07) is 51.2. The van der Waals surface area contributed by atoms with Gasteiger partial charge in [0, 0.05) is 23.1 Å². The van der Waals surface area contributed by atoms with Gasteiger partial charge in [0.2, 0.25) is 0 Å². The quantitative estimate of drug-likeness (QED) is 0.175. The van der Waals surface area contributed by atoms with Gasteiger partial charge >= 0.3 is 0 Å². The number of anilines is 2. The molecule has 12 rings (SSSR count). The smallest absolute Gasteiger partial charge is 0.179 e. The van der Waals surface area contributed by atoms with E-state index in [4.69, 9.17) is 9.47 Å². The molecule has 0 N–H and O–H groups in total. The fourth-order valence-electron chi connectivity index (χ4n) is 10.8. The molecule has 278 valence electrons. The Hall–Kier alpha value is -6.84. The van der Waals surface area contributed by atoms with Gasteiger partial charge in [-0.15, -0.1) is 0 Å². The van der Waals surface area contributed by atoms with E-state index in [0.29, 0.717) is 5.92 Å². The van der Waals surface area contributed by atoms with Gasteiger partial charge in [-0.05, 0) is 111 Å². The van der Waals surface area contributed by atoms with Crippen molar-refractivity contribution in [1.82, 2.24) is 0 Å². The lowest BCUT2D eigenvalue weighted by molar-refractivity contribution is 0.0674. The van der Waals surface area contributed by atoms with Crippen molar-refractivity contribution in [3.05, 3.63) is 234 Å². The summed E-state index contributed by atoms with van der Waals surface area (Å²) in [5.41, 5.74) is 15.9. The van der Waals surface area contributed by atoms with Gasteiger partial charge < -0.3 is 14.4 Å². The second kappa shape index (κ2) is 13.1. The van der Waals surface area contributed by atoms with Gasteiger partial charge in [0.15, 0.2) is 23.7 Å². The molecule has 3 nitrogen and oxygen atoms in total.